The van der Waals surface area contributed by atoms with Gasteiger partial charge in [-0.05, 0) is 48.5 Å². The van der Waals surface area contributed by atoms with Crippen molar-refractivity contribution in [3.8, 4) is 0 Å². The summed E-state index contributed by atoms with van der Waals surface area (Å²) in [6.07, 6.45) is 3.90. The predicted octanol–water partition coefficient (Wildman–Crippen LogP) is 2.51. The third kappa shape index (κ3) is 5.55. The zero-order valence-electron chi connectivity index (χ0n) is 15.7. The van der Waals surface area contributed by atoms with E-state index < -0.39 is 26.0 Å². The Kier molecular flexibility index (Phi) is 6.04. The van der Waals surface area contributed by atoms with Gasteiger partial charge in [-0.2, -0.15) is 0 Å². The average molecular weight is 447 g/mol. The van der Waals surface area contributed by atoms with Crippen LogP contribution in [0.4, 0.5) is 17.1 Å². The molecule has 0 aliphatic heterocycles. The highest BCUT2D eigenvalue weighted by Crippen LogP contribution is 2.21. The minimum atomic E-state index is -3.82. The largest absolute Gasteiger partial charge is 0.322 e. The van der Waals surface area contributed by atoms with Crippen LogP contribution in [0.5, 0.6) is 0 Å². The Bertz CT molecular complexity index is 1260. The third-order valence-electron chi connectivity index (χ3n) is 3.80. The van der Waals surface area contributed by atoms with Gasteiger partial charge in [-0.1, -0.05) is 12.1 Å². The molecule has 0 spiro atoms. The molecule has 0 atom stereocenters. The van der Waals surface area contributed by atoms with E-state index in [4.69, 9.17) is 0 Å². The van der Waals surface area contributed by atoms with Crippen molar-refractivity contribution in [2.45, 2.75) is 4.90 Å². The van der Waals surface area contributed by atoms with Gasteiger partial charge in [-0.3, -0.25) is 19.2 Å². The predicted molar refractivity (Wildman–Crippen MR) is 114 cm³/mol. The molecular formula is C19H18N4O5S2. The van der Waals surface area contributed by atoms with E-state index in [1.54, 1.807) is 24.3 Å². The maximum atomic E-state index is 12.6. The molecule has 156 valence electrons. The summed E-state index contributed by atoms with van der Waals surface area (Å²) in [7, 11) is -7.38. The molecule has 0 aliphatic rings. The van der Waals surface area contributed by atoms with Gasteiger partial charge >= 0.3 is 0 Å². The standard InChI is InChI=1S/C19H18N4O5S2/c1-29(25,26)23-18-7-3-2-6-17(18)19(24)21-14-8-10-16(11-9-14)30(27,28)22-15-5-4-12-20-13-15/h2-13,22-23H,1H3,(H,21,24). The number of rotatable bonds is 7. The van der Waals surface area contributed by atoms with Crippen molar-refractivity contribution in [1.29, 1.82) is 0 Å². The second-order valence-corrected chi connectivity index (χ2v) is 9.68. The summed E-state index contributed by atoms with van der Waals surface area (Å²) in [6, 6.07) is 14.9. The molecule has 1 amide bonds. The second kappa shape index (κ2) is 8.51. The molecule has 0 radical (unpaired) electrons. The first-order valence-electron chi connectivity index (χ1n) is 8.55. The lowest BCUT2D eigenvalue weighted by Crippen LogP contribution is -2.17. The molecule has 30 heavy (non-hydrogen) atoms. The topological polar surface area (TPSA) is 134 Å². The van der Waals surface area contributed by atoms with E-state index in [0.717, 1.165) is 6.26 Å². The molecule has 1 aromatic heterocycles. The minimum absolute atomic E-state index is 0.00324. The molecule has 9 nitrogen and oxygen atoms in total. The summed E-state index contributed by atoms with van der Waals surface area (Å²) >= 11 is 0. The number of anilines is 3. The number of sulfonamides is 2. The van der Waals surface area contributed by atoms with Gasteiger partial charge in [0.15, 0.2) is 0 Å². The van der Waals surface area contributed by atoms with Crippen LogP contribution in [0.1, 0.15) is 10.4 Å². The number of hydrogen-bond acceptors (Lipinski definition) is 6. The van der Waals surface area contributed by atoms with Gasteiger partial charge in [0.1, 0.15) is 0 Å². The molecule has 3 N–H and O–H groups in total. The fourth-order valence-corrected chi connectivity index (χ4v) is 4.14. The summed E-state index contributed by atoms with van der Waals surface area (Å²) in [5.74, 6) is -0.550. The van der Waals surface area contributed by atoms with E-state index in [1.807, 2.05) is 0 Å². The van der Waals surface area contributed by atoms with E-state index in [0.29, 0.717) is 11.4 Å². The molecule has 2 aromatic carbocycles. The quantitative estimate of drug-likeness (QED) is 0.510. The molecule has 0 saturated heterocycles. The van der Waals surface area contributed by atoms with Crippen LogP contribution in [-0.4, -0.2) is 34.0 Å². The third-order valence-corrected chi connectivity index (χ3v) is 5.79. The number of carbonyl (C=O) groups excluding carboxylic acids is 1. The number of hydrogen-bond donors (Lipinski definition) is 3. The molecule has 0 saturated carbocycles. The highest BCUT2D eigenvalue weighted by atomic mass is 32.2. The summed E-state index contributed by atoms with van der Waals surface area (Å²) in [4.78, 5) is 16.4. The Morgan fingerprint density at radius 1 is 0.833 bits per heavy atom. The van der Waals surface area contributed by atoms with Crippen molar-refractivity contribution in [1.82, 2.24) is 4.98 Å². The monoisotopic (exact) mass is 446 g/mol. The van der Waals surface area contributed by atoms with Gasteiger partial charge in [0.05, 0.1) is 34.3 Å². The number of benzene rings is 2. The highest BCUT2D eigenvalue weighted by Gasteiger charge is 2.16. The fraction of sp³-hybridized carbons (Fsp3) is 0.0526. The molecule has 3 aromatic rings. The lowest BCUT2D eigenvalue weighted by atomic mass is 10.1. The maximum absolute atomic E-state index is 12.6. The molecule has 1 heterocycles. The number of aromatic nitrogens is 1. The zero-order chi connectivity index (χ0) is 21.8. The Hall–Kier alpha value is -3.44. The van der Waals surface area contributed by atoms with E-state index >= 15 is 0 Å². The van der Waals surface area contributed by atoms with E-state index in [1.165, 1.54) is 48.8 Å². The van der Waals surface area contributed by atoms with Gasteiger partial charge in [-0.25, -0.2) is 16.8 Å². The highest BCUT2D eigenvalue weighted by molar-refractivity contribution is 7.92. The van der Waals surface area contributed by atoms with Crippen LogP contribution in [0.2, 0.25) is 0 Å². The summed E-state index contributed by atoms with van der Waals surface area (Å²) in [5.41, 5.74) is 0.926. The Balaban J connectivity index is 1.76. The molecular weight excluding hydrogens is 428 g/mol. The van der Waals surface area contributed by atoms with E-state index in [2.05, 4.69) is 19.7 Å². The number of nitrogens with one attached hydrogen (secondary N) is 3. The van der Waals surface area contributed by atoms with E-state index in [-0.39, 0.29) is 16.1 Å². The van der Waals surface area contributed by atoms with Crippen molar-refractivity contribution in [2.24, 2.45) is 0 Å². The van der Waals surface area contributed by atoms with Crippen LogP contribution in [0.3, 0.4) is 0 Å². The van der Waals surface area contributed by atoms with Crippen LogP contribution in [0.25, 0.3) is 0 Å². The molecule has 0 fully saturated rings. The van der Waals surface area contributed by atoms with Crippen LogP contribution in [-0.2, 0) is 20.0 Å². The van der Waals surface area contributed by atoms with Gasteiger partial charge in [0, 0.05) is 11.9 Å². The lowest BCUT2D eigenvalue weighted by Gasteiger charge is -2.12. The van der Waals surface area contributed by atoms with Crippen molar-refractivity contribution < 1.29 is 21.6 Å². The number of nitrogens with zero attached hydrogens (tertiary/aromatic N) is 1. The van der Waals surface area contributed by atoms with Crippen molar-refractivity contribution in [3.63, 3.8) is 0 Å². The number of carbonyl (C=O) groups is 1. The van der Waals surface area contributed by atoms with Crippen LogP contribution >= 0.6 is 0 Å². The Morgan fingerprint density at radius 2 is 1.53 bits per heavy atom. The Morgan fingerprint density at radius 3 is 2.17 bits per heavy atom. The molecule has 0 bridgehead atoms. The summed E-state index contributed by atoms with van der Waals surface area (Å²) in [6.45, 7) is 0. The smallest absolute Gasteiger partial charge is 0.261 e. The first-order valence-corrected chi connectivity index (χ1v) is 11.9. The normalized spacial score (nSPS) is 11.5. The Labute approximate surface area is 174 Å². The van der Waals surface area contributed by atoms with Crippen LogP contribution in [0.15, 0.2) is 78.0 Å². The van der Waals surface area contributed by atoms with Crippen molar-refractivity contribution in [2.75, 3.05) is 21.0 Å². The van der Waals surface area contributed by atoms with E-state index in [9.17, 15) is 21.6 Å². The zero-order valence-corrected chi connectivity index (χ0v) is 17.4. The SMILES string of the molecule is CS(=O)(=O)Nc1ccccc1C(=O)Nc1ccc(S(=O)(=O)Nc2cccnc2)cc1. The van der Waals surface area contributed by atoms with Gasteiger partial charge < -0.3 is 5.32 Å². The van der Waals surface area contributed by atoms with Crippen LogP contribution in [0, 0.1) is 0 Å². The van der Waals surface area contributed by atoms with Crippen molar-refractivity contribution in [3.05, 3.63) is 78.6 Å². The number of pyridine rings is 1. The number of amides is 1. The number of para-hydroxylation sites is 1. The van der Waals surface area contributed by atoms with Crippen molar-refractivity contribution >= 4 is 43.0 Å². The molecule has 0 unspecified atom stereocenters. The van der Waals surface area contributed by atoms with Gasteiger partial charge in [-0.15, -0.1) is 0 Å². The maximum Gasteiger partial charge on any atom is 0.261 e. The summed E-state index contributed by atoms with van der Waals surface area (Å²) < 4.78 is 52.6. The summed E-state index contributed by atoms with van der Waals surface area (Å²) in [5, 5.41) is 2.61. The fourth-order valence-electron chi connectivity index (χ4n) is 2.52. The lowest BCUT2D eigenvalue weighted by molar-refractivity contribution is 0.102. The first-order chi connectivity index (χ1) is 14.1. The van der Waals surface area contributed by atoms with Gasteiger partial charge in [0.25, 0.3) is 15.9 Å². The average Bonchev–Trinajstić information content (AvgIpc) is 2.68. The molecule has 3 rings (SSSR count). The molecule has 11 heteroatoms. The first kappa shape index (κ1) is 21.3. The molecule has 0 aliphatic carbocycles. The second-order valence-electron chi connectivity index (χ2n) is 6.25. The van der Waals surface area contributed by atoms with Crippen LogP contribution < -0.4 is 14.8 Å². The van der Waals surface area contributed by atoms with Gasteiger partial charge in [0.2, 0.25) is 10.0 Å². The minimum Gasteiger partial charge on any atom is -0.322 e.